The number of rotatable bonds is 6. The second-order valence-electron chi connectivity index (χ2n) is 11.6. The highest BCUT2D eigenvalue weighted by Crippen LogP contribution is 2.41. The number of nitrogens with zero attached hydrogens (tertiary/aromatic N) is 3. The second kappa shape index (κ2) is 11.3. The van der Waals surface area contributed by atoms with Gasteiger partial charge in [0.25, 0.3) is 0 Å². The molecule has 0 fully saturated rings. The van der Waals surface area contributed by atoms with Crippen LogP contribution in [0.5, 0.6) is 0 Å². The molecule has 6 rings (SSSR count). The summed E-state index contributed by atoms with van der Waals surface area (Å²) < 4.78 is 0. The Morgan fingerprint density at radius 1 is 0.548 bits per heavy atom. The molecule has 0 spiro atoms. The highest BCUT2D eigenvalue weighted by molar-refractivity contribution is 5.88. The van der Waals surface area contributed by atoms with Gasteiger partial charge in [-0.05, 0) is 116 Å². The summed E-state index contributed by atoms with van der Waals surface area (Å²) in [6, 6.07) is 33.3. The quantitative estimate of drug-likeness (QED) is 0.194. The van der Waals surface area contributed by atoms with Crippen molar-refractivity contribution in [2.75, 3.05) is 4.90 Å². The van der Waals surface area contributed by atoms with Gasteiger partial charge < -0.3 is 0 Å². The number of anilines is 3. The van der Waals surface area contributed by atoms with Crippen LogP contribution < -0.4 is 4.90 Å². The SMILES string of the molecule is Cc1cc(C)c(C(c2ccc(N(c3ccc4ccccc4c3)c3cnccn3)cc2)c2c(C)cc(C)cc2C)c(C)c1. The van der Waals surface area contributed by atoms with E-state index in [1.807, 2.05) is 6.20 Å². The molecule has 0 N–H and O–H groups in total. The lowest BCUT2D eigenvalue weighted by atomic mass is 9.77. The predicted octanol–water partition coefficient (Wildman–Crippen LogP) is 10.1. The van der Waals surface area contributed by atoms with E-state index in [1.54, 1.807) is 12.4 Å². The first-order valence-corrected chi connectivity index (χ1v) is 14.6. The molecule has 6 aromatic rings. The molecule has 0 aliphatic rings. The Labute approximate surface area is 249 Å². The van der Waals surface area contributed by atoms with Gasteiger partial charge in [0.2, 0.25) is 0 Å². The van der Waals surface area contributed by atoms with E-state index in [9.17, 15) is 0 Å². The maximum Gasteiger partial charge on any atom is 0.156 e. The largest absolute Gasteiger partial charge is 0.294 e. The Morgan fingerprint density at radius 3 is 1.64 bits per heavy atom. The lowest BCUT2D eigenvalue weighted by Gasteiger charge is -2.28. The highest BCUT2D eigenvalue weighted by atomic mass is 15.2. The zero-order valence-electron chi connectivity index (χ0n) is 25.3. The van der Waals surface area contributed by atoms with Crippen LogP contribution in [0.4, 0.5) is 17.2 Å². The lowest BCUT2D eigenvalue weighted by molar-refractivity contribution is 0.919. The minimum atomic E-state index is 0.130. The fraction of sp³-hybridized carbons (Fsp3) is 0.179. The van der Waals surface area contributed by atoms with Crippen LogP contribution in [0.1, 0.15) is 56.0 Å². The Hall–Kier alpha value is -4.76. The smallest absolute Gasteiger partial charge is 0.156 e. The molecule has 5 aromatic carbocycles. The van der Waals surface area contributed by atoms with Crippen LogP contribution in [0.15, 0.2) is 110 Å². The molecule has 0 unspecified atom stereocenters. The van der Waals surface area contributed by atoms with Crippen LogP contribution in [-0.2, 0) is 0 Å². The Bertz CT molecular complexity index is 1780. The molecule has 0 saturated heterocycles. The van der Waals surface area contributed by atoms with E-state index < -0.39 is 0 Å². The molecule has 0 atom stereocenters. The van der Waals surface area contributed by atoms with Gasteiger partial charge in [0.15, 0.2) is 5.82 Å². The molecule has 3 nitrogen and oxygen atoms in total. The van der Waals surface area contributed by atoms with Gasteiger partial charge in [0, 0.05) is 29.7 Å². The third kappa shape index (κ3) is 5.19. The Balaban J connectivity index is 1.51. The van der Waals surface area contributed by atoms with Gasteiger partial charge >= 0.3 is 0 Å². The maximum atomic E-state index is 4.69. The van der Waals surface area contributed by atoms with Crippen molar-refractivity contribution in [2.24, 2.45) is 0 Å². The van der Waals surface area contributed by atoms with E-state index in [0.29, 0.717) is 0 Å². The third-order valence-electron chi connectivity index (χ3n) is 8.31. The summed E-state index contributed by atoms with van der Waals surface area (Å²) in [5, 5.41) is 2.41. The average molecular weight is 548 g/mol. The lowest BCUT2D eigenvalue weighted by Crippen LogP contribution is -2.13. The topological polar surface area (TPSA) is 29.0 Å². The van der Waals surface area contributed by atoms with Crippen LogP contribution in [0.2, 0.25) is 0 Å². The zero-order valence-corrected chi connectivity index (χ0v) is 25.3. The fourth-order valence-corrected chi connectivity index (χ4v) is 6.72. The molecule has 0 aliphatic heterocycles. The van der Waals surface area contributed by atoms with E-state index in [1.165, 1.54) is 60.8 Å². The highest BCUT2D eigenvalue weighted by Gasteiger charge is 2.25. The molecule has 0 amide bonds. The molecule has 1 aromatic heterocycles. The number of hydrogen-bond donors (Lipinski definition) is 0. The molecule has 3 heteroatoms. The molecule has 0 radical (unpaired) electrons. The minimum absolute atomic E-state index is 0.130. The summed E-state index contributed by atoms with van der Waals surface area (Å²) in [5.41, 5.74) is 14.1. The van der Waals surface area contributed by atoms with Gasteiger partial charge in [-0.2, -0.15) is 0 Å². The van der Waals surface area contributed by atoms with Crippen LogP contribution >= 0.6 is 0 Å². The van der Waals surface area contributed by atoms with Gasteiger partial charge in [-0.15, -0.1) is 0 Å². The first kappa shape index (κ1) is 27.4. The first-order valence-electron chi connectivity index (χ1n) is 14.6. The van der Waals surface area contributed by atoms with E-state index >= 15 is 0 Å². The maximum absolute atomic E-state index is 4.69. The van der Waals surface area contributed by atoms with Crippen molar-refractivity contribution in [1.82, 2.24) is 9.97 Å². The Morgan fingerprint density at radius 2 is 1.10 bits per heavy atom. The predicted molar refractivity (Wildman–Crippen MR) is 176 cm³/mol. The average Bonchev–Trinajstić information content (AvgIpc) is 2.96. The van der Waals surface area contributed by atoms with Crippen molar-refractivity contribution in [2.45, 2.75) is 47.5 Å². The van der Waals surface area contributed by atoms with Gasteiger partial charge in [-0.3, -0.25) is 9.88 Å². The number of aryl methyl sites for hydroxylation is 6. The number of hydrogen-bond acceptors (Lipinski definition) is 3. The van der Waals surface area contributed by atoms with Crippen LogP contribution in [0.3, 0.4) is 0 Å². The molecule has 0 aliphatic carbocycles. The van der Waals surface area contributed by atoms with Gasteiger partial charge in [0.05, 0.1) is 6.20 Å². The van der Waals surface area contributed by atoms with Crippen molar-refractivity contribution in [3.63, 3.8) is 0 Å². The molecule has 42 heavy (non-hydrogen) atoms. The molecule has 1 heterocycles. The normalized spacial score (nSPS) is 11.3. The van der Waals surface area contributed by atoms with E-state index in [2.05, 4.69) is 142 Å². The summed E-state index contributed by atoms with van der Waals surface area (Å²) in [4.78, 5) is 11.3. The van der Waals surface area contributed by atoms with Gasteiger partial charge in [0.1, 0.15) is 0 Å². The molecular weight excluding hydrogens is 510 g/mol. The van der Waals surface area contributed by atoms with Crippen molar-refractivity contribution >= 4 is 28.0 Å². The van der Waals surface area contributed by atoms with E-state index in [-0.39, 0.29) is 5.92 Å². The fourth-order valence-electron chi connectivity index (χ4n) is 6.72. The minimum Gasteiger partial charge on any atom is -0.294 e. The molecule has 208 valence electrons. The Kier molecular flexibility index (Phi) is 7.34. The van der Waals surface area contributed by atoms with Crippen molar-refractivity contribution in [3.05, 3.63) is 160 Å². The molecular formula is C39H37N3. The van der Waals surface area contributed by atoms with E-state index in [4.69, 9.17) is 4.98 Å². The van der Waals surface area contributed by atoms with Crippen molar-refractivity contribution in [3.8, 4) is 0 Å². The summed E-state index contributed by atoms with van der Waals surface area (Å²) in [6.07, 6.45) is 5.29. The number of benzene rings is 5. The van der Waals surface area contributed by atoms with Gasteiger partial charge in [-0.1, -0.05) is 77.9 Å². The standard InChI is InChI=1S/C39H37N3/c1-25-19-27(3)37(28(4)20-25)39(38-29(5)21-26(2)22-30(38)6)32-12-14-34(15-13-32)42(36-24-40-17-18-41-36)35-16-11-31-9-7-8-10-33(31)23-35/h7-24,39H,1-6H3. The number of aromatic nitrogens is 2. The third-order valence-corrected chi connectivity index (χ3v) is 8.31. The van der Waals surface area contributed by atoms with Gasteiger partial charge in [-0.25, -0.2) is 4.98 Å². The first-order chi connectivity index (χ1) is 20.3. The zero-order chi connectivity index (χ0) is 29.4. The second-order valence-corrected chi connectivity index (χ2v) is 11.6. The van der Waals surface area contributed by atoms with Crippen LogP contribution in [0.25, 0.3) is 10.8 Å². The summed E-state index contributed by atoms with van der Waals surface area (Å²) >= 11 is 0. The summed E-state index contributed by atoms with van der Waals surface area (Å²) in [5.74, 6) is 0.915. The molecule has 0 bridgehead atoms. The van der Waals surface area contributed by atoms with Crippen LogP contribution in [0, 0.1) is 41.5 Å². The molecule has 0 saturated carbocycles. The van der Waals surface area contributed by atoms with Crippen molar-refractivity contribution in [1.29, 1.82) is 0 Å². The monoisotopic (exact) mass is 547 g/mol. The number of fused-ring (bicyclic) bond motifs is 1. The summed E-state index contributed by atoms with van der Waals surface area (Å²) in [7, 11) is 0. The van der Waals surface area contributed by atoms with Crippen LogP contribution in [-0.4, -0.2) is 9.97 Å². The van der Waals surface area contributed by atoms with Crippen molar-refractivity contribution < 1.29 is 0 Å². The summed E-state index contributed by atoms with van der Waals surface area (Å²) in [6.45, 7) is 13.4. The van der Waals surface area contributed by atoms with E-state index in [0.717, 1.165) is 17.2 Å².